The molecule has 0 aliphatic carbocycles. The Balaban J connectivity index is 1.93. The van der Waals surface area contributed by atoms with Gasteiger partial charge in [0.2, 0.25) is 0 Å². The fraction of sp³-hybridized carbons (Fsp3) is 0.333. The second kappa shape index (κ2) is 8.39. The maximum Gasteiger partial charge on any atom is 0.169 e. The van der Waals surface area contributed by atoms with Gasteiger partial charge in [-0.15, -0.1) is 0 Å². The molecule has 0 radical (unpaired) electrons. The Morgan fingerprint density at radius 3 is 2.55 bits per heavy atom. The summed E-state index contributed by atoms with van der Waals surface area (Å²) >= 11 is 0. The Morgan fingerprint density at radius 1 is 1.05 bits per heavy atom. The van der Waals surface area contributed by atoms with Crippen molar-refractivity contribution in [2.24, 2.45) is 0 Å². The van der Waals surface area contributed by atoms with Crippen LogP contribution < -0.4 is 14.8 Å². The molecule has 3 nitrogen and oxygen atoms in total. The average Bonchev–Trinajstić information content (AvgIpc) is 2.54. The number of benzene rings is 2. The SMILES string of the molecule is CCOc1c(C[NH2+]CCc2ccccc2F)cccc1OC. The number of halogens is 1. The van der Waals surface area contributed by atoms with Gasteiger partial charge < -0.3 is 14.8 Å². The van der Waals surface area contributed by atoms with Crippen LogP contribution in [0.15, 0.2) is 42.5 Å². The van der Waals surface area contributed by atoms with Crippen LogP contribution in [0.3, 0.4) is 0 Å². The summed E-state index contributed by atoms with van der Waals surface area (Å²) < 4.78 is 24.6. The van der Waals surface area contributed by atoms with Crippen LogP contribution in [0.1, 0.15) is 18.1 Å². The predicted octanol–water partition coefficient (Wildman–Crippen LogP) is 2.54. The van der Waals surface area contributed by atoms with Gasteiger partial charge in [0.15, 0.2) is 11.5 Å². The van der Waals surface area contributed by atoms with Gasteiger partial charge in [0.05, 0.1) is 25.8 Å². The van der Waals surface area contributed by atoms with Crippen LogP contribution >= 0.6 is 0 Å². The van der Waals surface area contributed by atoms with Gasteiger partial charge in [0.25, 0.3) is 0 Å². The van der Waals surface area contributed by atoms with Gasteiger partial charge in [-0.1, -0.05) is 24.3 Å². The summed E-state index contributed by atoms with van der Waals surface area (Å²) in [6, 6.07) is 12.8. The van der Waals surface area contributed by atoms with E-state index in [0.717, 1.165) is 35.7 Å². The van der Waals surface area contributed by atoms with Crippen LogP contribution in [0.25, 0.3) is 0 Å². The van der Waals surface area contributed by atoms with Crippen molar-refractivity contribution in [2.75, 3.05) is 20.3 Å². The standard InChI is InChI=1S/C18H22FNO2/c1-3-22-18-15(8-6-10-17(18)21-2)13-20-12-11-14-7-4-5-9-16(14)19/h4-10,20H,3,11-13H2,1-2H3/p+1. The van der Waals surface area contributed by atoms with Crippen LogP contribution in [0, 0.1) is 5.82 Å². The van der Waals surface area contributed by atoms with Crippen molar-refractivity contribution < 1.29 is 19.2 Å². The summed E-state index contributed by atoms with van der Waals surface area (Å²) in [5.41, 5.74) is 1.85. The molecule has 0 aliphatic rings. The van der Waals surface area contributed by atoms with Crippen molar-refractivity contribution in [1.82, 2.24) is 0 Å². The minimum Gasteiger partial charge on any atom is -0.493 e. The Labute approximate surface area is 131 Å². The lowest BCUT2D eigenvalue weighted by Gasteiger charge is -2.13. The van der Waals surface area contributed by atoms with E-state index in [4.69, 9.17) is 9.47 Å². The van der Waals surface area contributed by atoms with E-state index in [2.05, 4.69) is 5.32 Å². The maximum absolute atomic E-state index is 13.6. The van der Waals surface area contributed by atoms with Crippen molar-refractivity contribution in [3.05, 3.63) is 59.4 Å². The van der Waals surface area contributed by atoms with Gasteiger partial charge in [-0.3, -0.25) is 0 Å². The number of para-hydroxylation sites is 1. The maximum atomic E-state index is 13.6. The molecule has 22 heavy (non-hydrogen) atoms. The highest BCUT2D eigenvalue weighted by molar-refractivity contribution is 5.46. The summed E-state index contributed by atoms with van der Waals surface area (Å²) in [4.78, 5) is 0. The number of quaternary nitrogens is 1. The highest BCUT2D eigenvalue weighted by Gasteiger charge is 2.11. The van der Waals surface area contributed by atoms with E-state index < -0.39 is 0 Å². The summed E-state index contributed by atoms with van der Waals surface area (Å²) in [7, 11) is 1.64. The molecule has 2 N–H and O–H groups in total. The first kappa shape index (κ1) is 16.3. The molecule has 0 saturated heterocycles. The minimum atomic E-state index is -0.132. The first-order valence-electron chi connectivity index (χ1n) is 7.60. The molecule has 0 aromatic heterocycles. The van der Waals surface area contributed by atoms with E-state index in [1.807, 2.05) is 37.3 Å². The van der Waals surface area contributed by atoms with E-state index in [-0.39, 0.29) is 5.82 Å². The molecule has 0 bridgehead atoms. The molecule has 0 heterocycles. The van der Waals surface area contributed by atoms with E-state index in [1.165, 1.54) is 6.07 Å². The van der Waals surface area contributed by atoms with Crippen LogP contribution in [0.5, 0.6) is 11.5 Å². The van der Waals surface area contributed by atoms with Gasteiger partial charge in [0, 0.05) is 6.42 Å². The van der Waals surface area contributed by atoms with Gasteiger partial charge in [-0.25, -0.2) is 4.39 Å². The highest BCUT2D eigenvalue weighted by atomic mass is 19.1. The lowest BCUT2D eigenvalue weighted by molar-refractivity contribution is -0.670. The predicted molar refractivity (Wildman–Crippen MR) is 84.8 cm³/mol. The quantitative estimate of drug-likeness (QED) is 0.761. The van der Waals surface area contributed by atoms with E-state index in [9.17, 15) is 4.39 Å². The van der Waals surface area contributed by atoms with Crippen molar-refractivity contribution in [2.45, 2.75) is 19.9 Å². The van der Waals surface area contributed by atoms with Gasteiger partial charge in [-0.05, 0) is 30.7 Å². The van der Waals surface area contributed by atoms with E-state index >= 15 is 0 Å². The topological polar surface area (TPSA) is 35.1 Å². The van der Waals surface area contributed by atoms with Crippen LogP contribution in [0.4, 0.5) is 4.39 Å². The highest BCUT2D eigenvalue weighted by Crippen LogP contribution is 2.30. The molecule has 0 spiro atoms. The number of hydrogen-bond acceptors (Lipinski definition) is 2. The Kier molecular flexibility index (Phi) is 6.22. The van der Waals surface area contributed by atoms with Gasteiger partial charge >= 0.3 is 0 Å². The Bertz CT molecular complexity index is 601. The van der Waals surface area contributed by atoms with Crippen LogP contribution in [-0.4, -0.2) is 20.3 Å². The van der Waals surface area contributed by atoms with Crippen molar-refractivity contribution >= 4 is 0 Å². The van der Waals surface area contributed by atoms with Gasteiger partial charge in [0.1, 0.15) is 12.4 Å². The third-order valence-corrected chi connectivity index (χ3v) is 3.51. The van der Waals surface area contributed by atoms with E-state index in [1.54, 1.807) is 13.2 Å². The second-order valence-electron chi connectivity index (χ2n) is 5.00. The molecule has 4 heteroatoms. The Hall–Kier alpha value is -2.07. The molecule has 0 aliphatic heterocycles. The smallest absolute Gasteiger partial charge is 0.169 e. The largest absolute Gasteiger partial charge is 0.493 e. The molecule has 0 unspecified atom stereocenters. The lowest BCUT2D eigenvalue weighted by atomic mass is 10.1. The van der Waals surface area contributed by atoms with Crippen molar-refractivity contribution in [1.29, 1.82) is 0 Å². The number of ether oxygens (including phenoxy) is 2. The fourth-order valence-corrected chi connectivity index (χ4v) is 2.41. The monoisotopic (exact) mass is 304 g/mol. The zero-order valence-electron chi connectivity index (χ0n) is 13.1. The van der Waals surface area contributed by atoms with Gasteiger partial charge in [-0.2, -0.15) is 0 Å². The second-order valence-corrected chi connectivity index (χ2v) is 5.00. The number of methoxy groups -OCH3 is 1. The zero-order valence-corrected chi connectivity index (χ0v) is 13.1. The van der Waals surface area contributed by atoms with Crippen molar-refractivity contribution in [3.63, 3.8) is 0 Å². The summed E-state index contributed by atoms with van der Waals surface area (Å²) in [6.07, 6.45) is 0.709. The van der Waals surface area contributed by atoms with Crippen molar-refractivity contribution in [3.8, 4) is 11.5 Å². The molecule has 2 aromatic carbocycles. The number of hydrogen-bond donors (Lipinski definition) is 1. The third kappa shape index (κ3) is 4.21. The fourth-order valence-electron chi connectivity index (χ4n) is 2.41. The first-order valence-corrected chi connectivity index (χ1v) is 7.60. The molecule has 0 saturated carbocycles. The zero-order chi connectivity index (χ0) is 15.8. The average molecular weight is 304 g/mol. The molecule has 0 atom stereocenters. The number of nitrogens with two attached hydrogens (primary N) is 1. The van der Waals surface area contributed by atoms with Crippen LogP contribution in [0.2, 0.25) is 0 Å². The summed E-state index contributed by atoms with van der Waals surface area (Å²) in [5, 5.41) is 2.16. The molecule has 2 rings (SSSR count). The third-order valence-electron chi connectivity index (χ3n) is 3.51. The first-order chi connectivity index (χ1) is 10.8. The summed E-state index contributed by atoms with van der Waals surface area (Å²) in [5.74, 6) is 1.42. The Morgan fingerprint density at radius 2 is 1.82 bits per heavy atom. The minimum absolute atomic E-state index is 0.132. The lowest BCUT2D eigenvalue weighted by Crippen LogP contribution is -2.83. The summed E-state index contributed by atoms with van der Waals surface area (Å²) in [6.45, 7) is 4.16. The molecular formula is C18H23FNO2+. The molecule has 0 amide bonds. The molecule has 118 valence electrons. The van der Waals surface area contributed by atoms with E-state index in [0.29, 0.717) is 13.0 Å². The molecular weight excluding hydrogens is 281 g/mol. The normalized spacial score (nSPS) is 10.5. The number of rotatable bonds is 8. The molecule has 2 aromatic rings. The molecule has 0 fully saturated rings. The van der Waals surface area contributed by atoms with Crippen LogP contribution in [-0.2, 0) is 13.0 Å².